The zero-order chi connectivity index (χ0) is 18.1. The van der Waals surface area contributed by atoms with E-state index < -0.39 is 32.2 Å². The lowest BCUT2D eigenvalue weighted by Gasteiger charge is -2.26. The molecule has 0 aliphatic heterocycles. The molecule has 0 rings (SSSR count). The minimum Gasteiger partial charge on any atom is -0.783 e. The summed E-state index contributed by atoms with van der Waals surface area (Å²) in [6.45, 7) is -0.888. The number of guanidine groups is 2. The lowest BCUT2D eigenvalue weighted by molar-refractivity contribution is -0.502. The molecule has 7 N–H and O–H groups in total. The fourth-order valence-corrected chi connectivity index (χ4v) is 1.24. The van der Waals surface area contributed by atoms with Crippen LogP contribution in [-0.2, 0) is 14.2 Å². The van der Waals surface area contributed by atoms with Crippen molar-refractivity contribution in [1.82, 2.24) is 5.09 Å². The summed E-state index contributed by atoms with van der Waals surface area (Å²) in [6.07, 6.45) is 0. The first-order valence-corrected chi connectivity index (χ1v) is 6.93. The van der Waals surface area contributed by atoms with Crippen LogP contribution < -0.4 is 42.3 Å². The number of hydrogen-bond acceptors (Lipinski definition) is 7. The van der Waals surface area contributed by atoms with Gasteiger partial charge in [-0.25, -0.2) is 0 Å². The van der Waals surface area contributed by atoms with Gasteiger partial charge in [-0.1, -0.05) is 0 Å². The number of carboxylic acid groups (broad SMARTS) is 2. The van der Waals surface area contributed by atoms with E-state index in [-0.39, 0.29) is 12.5 Å². The lowest BCUT2D eigenvalue weighted by Crippen LogP contribution is -2.45. The Hall–Kier alpha value is -2.37. The second-order valence-corrected chi connectivity index (χ2v) is 5.09. The third-order valence-corrected chi connectivity index (χ3v) is 2.34. The Kier molecular flexibility index (Phi) is 9.51. The van der Waals surface area contributed by atoms with Crippen LogP contribution in [-0.4, -0.2) is 60.2 Å². The van der Waals surface area contributed by atoms with Gasteiger partial charge in [-0.3, -0.25) is 31.4 Å². The van der Waals surface area contributed by atoms with Crippen molar-refractivity contribution >= 4 is 31.6 Å². The van der Waals surface area contributed by atoms with Crippen molar-refractivity contribution in [2.24, 2.45) is 17.2 Å². The topological polar surface area (TPSA) is 240 Å². The number of rotatable bonds is 5. The van der Waals surface area contributed by atoms with E-state index in [1.807, 2.05) is 0 Å². The Morgan fingerprint density at radius 3 is 1.59 bits per heavy atom. The Morgan fingerprint density at radius 2 is 1.36 bits per heavy atom. The molecule has 0 spiro atoms. The monoisotopic (exact) mass is 340 g/mol. The van der Waals surface area contributed by atoms with Crippen LogP contribution in [0.15, 0.2) is 0 Å². The molecule has 0 saturated carbocycles. The van der Waals surface area contributed by atoms with Crippen molar-refractivity contribution < 1.29 is 43.3 Å². The van der Waals surface area contributed by atoms with Crippen LogP contribution in [0, 0.1) is 0 Å². The average Bonchev–Trinajstić information content (AvgIpc) is 2.25. The summed E-state index contributed by atoms with van der Waals surface area (Å²) >= 11 is 0. The third-order valence-electron chi connectivity index (χ3n) is 1.84. The predicted octanol–water partition coefficient (Wildman–Crippen LogP) is -8.24. The smallest absolute Gasteiger partial charge is 0.346 e. The molecule has 22 heavy (non-hydrogen) atoms. The number of nitrogens with zero attached hydrogens (tertiary/aromatic N) is 2. The van der Waals surface area contributed by atoms with Crippen LogP contribution in [0.4, 0.5) is 0 Å². The van der Waals surface area contributed by atoms with E-state index in [2.05, 4.69) is 0 Å². The van der Waals surface area contributed by atoms with Crippen LogP contribution in [0.2, 0.25) is 0 Å². The van der Waals surface area contributed by atoms with Gasteiger partial charge in [0.25, 0.3) is 0 Å². The van der Waals surface area contributed by atoms with Gasteiger partial charge in [0.1, 0.15) is 13.1 Å². The van der Waals surface area contributed by atoms with E-state index in [0.29, 0.717) is 0 Å². The molecular formula is C8H17N6O7P-2. The molecule has 0 atom stereocenters. The van der Waals surface area contributed by atoms with E-state index >= 15 is 0 Å². The number of carboxylic acids is 2. The number of aliphatic carboxylic acids is 2. The highest BCUT2D eigenvalue weighted by molar-refractivity contribution is 7.47. The molecule has 0 aliphatic carbocycles. The molecule has 0 aromatic rings. The minimum absolute atomic E-state index is 0.0285. The van der Waals surface area contributed by atoms with Gasteiger partial charge in [0.15, 0.2) is 0 Å². The van der Waals surface area contributed by atoms with Gasteiger partial charge in [0, 0.05) is 0 Å². The van der Waals surface area contributed by atoms with E-state index in [0.717, 1.165) is 4.58 Å². The van der Waals surface area contributed by atoms with Crippen molar-refractivity contribution in [3.05, 3.63) is 0 Å². The summed E-state index contributed by atoms with van der Waals surface area (Å²) in [5.41, 5.74) is 15.0. The Bertz CT molecular complexity index is 521. The van der Waals surface area contributed by atoms with Crippen molar-refractivity contribution in [1.29, 1.82) is 0 Å². The van der Waals surface area contributed by atoms with Crippen molar-refractivity contribution in [2.75, 3.05) is 27.2 Å². The summed E-state index contributed by atoms with van der Waals surface area (Å²) in [6, 6.07) is 0. The standard InChI is InChI=1S/C4H10N3O5P.C4H9N3O2/c1-7(2-3(8)9)4(5)6-13(10,11)12;1-7(4(5)6)2-3(8)9/h2H2,1H3,(H5,5,6,8,9,10,11,12);2H2,1H3,(H4,5,6,8,9)/p-2. The SMILES string of the molecule is C[N+](CC(=O)[O-])=C(N)N.C[N+](CC(=O)[O-])=C(N)NP(=O)([O-])[O-]. The number of likely N-dealkylation sites (N-methyl/N-ethyl adjacent to an activating group) is 2. The number of nitrogens with two attached hydrogens (primary N) is 3. The van der Waals surface area contributed by atoms with Gasteiger partial charge >= 0.3 is 11.9 Å². The molecule has 14 heteroatoms. The van der Waals surface area contributed by atoms with Gasteiger partial charge < -0.3 is 34.2 Å². The number of carbonyl (C=O) groups is 2. The summed E-state index contributed by atoms with van der Waals surface area (Å²) in [7, 11) is -2.33. The van der Waals surface area contributed by atoms with Gasteiger partial charge in [-0.05, 0) is 0 Å². The fourth-order valence-electron chi connectivity index (χ4n) is 0.789. The second-order valence-electron chi connectivity index (χ2n) is 3.88. The van der Waals surface area contributed by atoms with Crippen molar-refractivity contribution in [2.45, 2.75) is 0 Å². The summed E-state index contributed by atoms with van der Waals surface area (Å²) in [5, 5.41) is 21.2. The predicted molar refractivity (Wildman–Crippen MR) is 65.4 cm³/mol. The van der Waals surface area contributed by atoms with Crippen LogP contribution in [0.25, 0.3) is 0 Å². The summed E-state index contributed by atoms with van der Waals surface area (Å²) in [5.74, 6) is -3.23. The first kappa shape index (κ1) is 21.9. The van der Waals surface area contributed by atoms with Crippen LogP contribution in [0.5, 0.6) is 0 Å². The van der Waals surface area contributed by atoms with E-state index in [1.165, 1.54) is 23.8 Å². The molecule has 0 aromatic heterocycles. The van der Waals surface area contributed by atoms with Gasteiger partial charge in [0.05, 0.1) is 33.8 Å². The zero-order valence-corrected chi connectivity index (χ0v) is 12.7. The van der Waals surface area contributed by atoms with Gasteiger partial charge in [0.2, 0.25) is 0 Å². The fraction of sp³-hybridized carbons (Fsp3) is 0.500. The second kappa shape index (κ2) is 9.55. The molecule has 0 radical (unpaired) electrons. The maximum atomic E-state index is 10.1. The molecule has 0 bridgehead atoms. The normalized spacial score (nSPS) is 11.5. The summed E-state index contributed by atoms with van der Waals surface area (Å²) < 4.78 is 12.1. The summed E-state index contributed by atoms with van der Waals surface area (Å²) in [4.78, 5) is 40.0. The Morgan fingerprint density at radius 1 is 1.00 bits per heavy atom. The third kappa shape index (κ3) is 14.0. The first-order valence-electron chi connectivity index (χ1n) is 5.39. The molecule has 0 aromatic carbocycles. The highest BCUT2D eigenvalue weighted by Gasteiger charge is 2.05. The largest absolute Gasteiger partial charge is 0.783 e. The van der Waals surface area contributed by atoms with Crippen LogP contribution in [0.3, 0.4) is 0 Å². The molecular weight excluding hydrogens is 323 g/mol. The van der Waals surface area contributed by atoms with E-state index in [9.17, 15) is 34.2 Å². The minimum atomic E-state index is -4.99. The quantitative estimate of drug-likeness (QED) is 0.158. The van der Waals surface area contributed by atoms with Crippen molar-refractivity contribution in [3.8, 4) is 0 Å². The Labute approximate surface area is 125 Å². The average molecular weight is 340 g/mol. The zero-order valence-electron chi connectivity index (χ0n) is 11.8. The molecule has 0 aliphatic rings. The molecule has 0 amide bonds. The number of carbonyl (C=O) groups excluding carboxylic acids is 2. The molecule has 13 nitrogen and oxygen atoms in total. The van der Waals surface area contributed by atoms with Crippen LogP contribution >= 0.6 is 7.75 Å². The van der Waals surface area contributed by atoms with E-state index in [1.54, 1.807) is 0 Å². The lowest BCUT2D eigenvalue weighted by atomic mass is 10.6. The number of hydrogen-bond donors (Lipinski definition) is 4. The molecule has 0 fully saturated rings. The highest BCUT2D eigenvalue weighted by atomic mass is 31.2. The molecule has 0 saturated heterocycles. The molecule has 128 valence electrons. The van der Waals surface area contributed by atoms with Crippen LogP contribution in [0.1, 0.15) is 0 Å². The van der Waals surface area contributed by atoms with Gasteiger partial charge in [-0.15, -0.1) is 0 Å². The maximum absolute atomic E-state index is 10.1. The van der Waals surface area contributed by atoms with Crippen molar-refractivity contribution in [3.63, 3.8) is 0 Å². The number of nitrogens with one attached hydrogen (secondary N) is 1. The first-order chi connectivity index (χ1) is 9.76. The molecule has 0 heterocycles. The maximum Gasteiger partial charge on any atom is 0.346 e. The molecule has 0 unspecified atom stereocenters. The highest BCUT2D eigenvalue weighted by Crippen LogP contribution is 2.13. The Balaban J connectivity index is 0. The van der Waals surface area contributed by atoms with Gasteiger partial charge in [-0.2, -0.15) is 0 Å². The van der Waals surface area contributed by atoms with E-state index in [4.69, 9.17) is 17.2 Å².